The van der Waals surface area contributed by atoms with E-state index in [-0.39, 0.29) is 12.1 Å². The van der Waals surface area contributed by atoms with Gasteiger partial charge in [0.25, 0.3) is 0 Å². The first-order valence-electron chi connectivity index (χ1n) is 9.76. The van der Waals surface area contributed by atoms with Crippen LogP contribution in [0.2, 0.25) is 0 Å². The van der Waals surface area contributed by atoms with Crippen LogP contribution in [0.15, 0.2) is 54.6 Å². The predicted octanol–water partition coefficient (Wildman–Crippen LogP) is 4.92. The smallest absolute Gasteiger partial charge is 0.336 e. The quantitative estimate of drug-likeness (QED) is 0.703. The largest absolute Gasteiger partial charge is 0.497 e. The summed E-state index contributed by atoms with van der Waals surface area (Å²) in [6, 6.07) is 18.0. The van der Waals surface area contributed by atoms with E-state index < -0.39 is 5.54 Å². The highest BCUT2D eigenvalue weighted by Crippen LogP contribution is 2.41. The molecule has 1 atom stereocenters. The normalized spacial score (nSPS) is 20.2. The van der Waals surface area contributed by atoms with Gasteiger partial charge in [0, 0.05) is 12.2 Å². The van der Waals surface area contributed by atoms with Crippen LogP contribution in [0.3, 0.4) is 0 Å². The van der Waals surface area contributed by atoms with E-state index in [0.717, 1.165) is 49.2 Å². The number of hydrogen-bond acceptors (Lipinski definition) is 4. The number of carbonyl (C=O) groups excluding carboxylic acids is 1. The van der Waals surface area contributed by atoms with E-state index in [9.17, 15) is 4.79 Å². The van der Waals surface area contributed by atoms with Crippen LogP contribution in [-0.4, -0.2) is 25.7 Å². The van der Waals surface area contributed by atoms with Crippen LogP contribution in [0.4, 0.5) is 5.69 Å². The number of carbonyl (C=O) groups is 1. The van der Waals surface area contributed by atoms with Crippen molar-refractivity contribution in [2.24, 2.45) is 0 Å². The van der Waals surface area contributed by atoms with Crippen LogP contribution >= 0.6 is 0 Å². The van der Waals surface area contributed by atoms with E-state index in [1.165, 1.54) is 0 Å². The standard InChI is InChI=1S/C23H29NO3/c1-18(2)27-22(25)23(19-10-6-4-7-11-19)16-8-5-9-17-24(23)20-12-14-21(26-3)15-13-20/h4,6-7,10-15,18H,5,8-9,16-17H2,1-3H3/t23-/m0/s1. The number of esters is 1. The molecule has 0 saturated carbocycles. The molecule has 0 radical (unpaired) electrons. The second-order valence-electron chi connectivity index (χ2n) is 7.34. The topological polar surface area (TPSA) is 38.8 Å². The average molecular weight is 367 g/mol. The Balaban J connectivity index is 2.13. The third-order valence-electron chi connectivity index (χ3n) is 5.20. The van der Waals surface area contributed by atoms with Crippen molar-refractivity contribution in [3.63, 3.8) is 0 Å². The van der Waals surface area contributed by atoms with Gasteiger partial charge in [-0.1, -0.05) is 43.2 Å². The van der Waals surface area contributed by atoms with Gasteiger partial charge in [-0.2, -0.15) is 0 Å². The number of nitrogens with zero attached hydrogens (tertiary/aromatic N) is 1. The van der Waals surface area contributed by atoms with E-state index in [1.807, 2.05) is 68.4 Å². The Kier molecular flexibility index (Phi) is 6.04. The van der Waals surface area contributed by atoms with Gasteiger partial charge in [0.2, 0.25) is 0 Å². The molecule has 4 nitrogen and oxygen atoms in total. The molecule has 0 amide bonds. The summed E-state index contributed by atoms with van der Waals surface area (Å²) in [6.45, 7) is 4.63. The molecule has 0 aromatic heterocycles. The minimum Gasteiger partial charge on any atom is -0.497 e. The monoisotopic (exact) mass is 367 g/mol. The molecule has 1 heterocycles. The molecule has 0 N–H and O–H groups in total. The number of methoxy groups -OCH3 is 1. The Hall–Kier alpha value is -2.49. The lowest BCUT2D eigenvalue weighted by atomic mass is 9.83. The Morgan fingerprint density at radius 3 is 2.33 bits per heavy atom. The van der Waals surface area contributed by atoms with Crippen LogP contribution in [-0.2, 0) is 15.1 Å². The maximum Gasteiger partial charge on any atom is 0.336 e. The Morgan fingerprint density at radius 2 is 1.70 bits per heavy atom. The maximum absolute atomic E-state index is 13.5. The zero-order valence-electron chi connectivity index (χ0n) is 16.5. The van der Waals surface area contributed by atoms with Crippen molar-refractivity contribution >= 4 is 11.7 Å². The van der Waals surface area contributed by atoms with Crippen molar-refractivity contribution in [1.29, 1.82) is 0 Å². The van der Waals surface area contributed by atoms with E-state index in [2.05, 4.69) is 4.90 Å². The molecule has 0 spiro atoms. The molecule has 1 saturated heterocycles. The Bertz CT molecular complexity index is 742. The first-order chi connectivity index (χ1) is 13.1. The first kappa shape index (κ1) is 19.3. The number of rotatable bonds is 5. The van der Waals surface area contributed by atoms with Crippen LogP contribution in [0, 0.1) is 0 Å². The number of ether oxygens (including phenoxy) is 2. The zero-order valence-corrected chi connectivity index (χ0v) is 16.5. The summed E-state index contributed by atoms with van der Waals surface area (Å²) in [5.74, 6) is 0.644. The summed E-state index contributed by atoms with van der Waals surface area (Å²) in [4.78, 5) is 15.7. The second kappa shape index (κ2) is 8.47. The first-order valence-corrected chi connectivity index (χ1v) is 9.76. The predicted molar refractivity (Wildman–Crippen MR) is 108 cm³/mol. The SMILES string of the molecule is COc1ccc(N2CCCCC[C@@]2(C(=O)OC(C)C)c2ccccc2)cc1. The zero-order chi connectivity index (χ0) is 19.3. The molecule has 27 heavy (non-hydrogen) atoms. The fourth-order valence-electron chi connectivity index (χ4n) is 3.92. The Labute approximate surface area is 162 Å². The molecule has 0 bridgehead atoms. The van der Waals surface area contributed by atoms with Crippen molar-refractivity contribution in [2.75, 3.05) is 18.6 Å². The van der Waals surface area contributed by atoms with Gasteiger partial charge in [0.15, 0.2) is 5.54 Å². The molecular formula is C23H29NO3. The van der Waals surface area contributed by atoms with Crippen molar-refractivity contribution < 1.29 is 14.3 Å². The molecule has 1 aliphatic heterocycles. The van der Waals surface area contributed by atoms with Gasteiger partial charge in [0.1, 0.15) is 5.75 Å². The van der Waals surface area contributed by atoms with Crippen LogP contribution in [0.25, 0.3) is 0 Å². The molecule has 4 heteroatoms. The molecule has 3 rings (SSSR count). The maximum atomic E-state index is 13.5. The van der Waals surface area contributed by atoms with Gasteiger partial charge >= 0.3 is 5.97 Å². The van der Waals surface area contributed by atoms with Crippen molar-refractivity contribution in [3.05, 3.63) is 60.2 Å². The van der Waals surface area contributed by atoms with Crippen molar-refractivity contribution in [3.8, 4) is 5.75 Å². The highest BCUT2D eigenvalue weighted by atomic mass is 16.5. The van der Waals surface area contributed by atoms with Gasteiger partial charge in [0.05, 0.1) is 13.2 Å². The number of anilines is 1. The summed E-state index contributed by atoms with van der Waals surface area (Å²) in [5.41, 5.74) is 1.20. The fourth-order valence-corrected chi connectivity index (χ4v) is 3.92. The Morgan fingerprint density at radius 1 is 1.00 bits per heavy atom. The number of hydrogen-bond donors (Lipinski definition) is 0. The second-order valence-corrected chi connectivity index (χ2v) is 7.34. The van der Waals surface area contributed by atoms with Crippen molar-refractivity contribution in [2.45, 2.75) is 51.2 Å². The van der Waals surface area contributed by atoms with Crippen LogP contribution < -0.4 is 9.64 Å². The summed E-state index contributed by atoms with van der Waals surface area (Å²) >= 11 is 0. The van der Waals surface area contributed by atoms with E-state index in [4.69, 9.17) is 9.47 Å². The summed E-state index contributed by atoms with van der Waals surface area (Å²) < 4.78 is 11.1. The highest BCUT2D eigenvalue weighted by molar-refractivity contribution is 5.87. The summed E-state index contributed by atoms with van der Waals surface area (Å²) in [7, 11) is 1.66. The summed E-state index contributed by atoms with van der Waals surface area (Å²) in [6.07, 6.45) is 3.74. The number of benzene rings is 2. The van der Waals surface area contributed by atoms with Gasteiger partial charge in [-0.15, -0.1) is 0 Å². The van der Waals surface area contributed by atoms with Gasteiger partial charge in [-0.05, 0) is 56.5 Å². The third kappa shape index (κ3) is 3.95. The van der Waals surface area contributed by atoms with Gasteiger partial charge in [-0.3, -0.25) is 0 Å². The van der Waals surface area contributed by atoms with E-state index in [1.54, 1.807) is 7.11 Å². The molecule has 0 unspecified atom stereocenters. The summed E-state index contributed by atoms with van der Waals surface area (Å²) in [5, 5.41) is 0. The molecule has 1 aliphatic rings. The minimum absolute atomic E-state index is 0.154. The highest BCUT2D eigenvalue weighted by Gasteiger charge is 2.48. The third-order valence-corrected chi connectivity index (χ3v) is 5.20. The van der Waals surface area contributed by atoms with E-state index in [0.29, 0.717) is 0 Å². The average Bonchev–Trinajstić information content (AvgIpc) is 2.92. The van der Waals surface area contributed by atoms with Gasteiger partial charge < -0.3 is 14.4 Å². The van der Waals surface area contributed by atoms with Crippen LogP contribution in [0.5, 0.6) is 5.75 Å². The van der Waals surface area contributed by atoms with Gasteiger partial charge in [-0.25, -0.2) is 4.79 Å². The molecule has 1 fully saturated rings. The lowest BCUT2D eigenvalue weighted by molar-refractivity contribution is -0.155. The molecular weight excluding hydrogens is 338 g/mol. The van der Waals surface area contributed by atoms with Crippen molar-refractivity contribution in [1.82, 2.24) is 0 Å². The minimum atomic E-state index is -0.809. The molecule has 2 aromatic rings. The van der Waals surface area contributed by atoms with Crippen LogP contribution in [0.1, 0.15) is 45.1 Å². The lowest BCUT2D eigenvalue weighted by Crippen LogP contribution is -2.53. The fraction of sp³-hybridized carbons (Fsp3) is 0.435. The lowest BCUT2D eigenvalue weighted by Gasteiger charge is -2.43. The molecule has 2 aromatic carbocycles. The molecule has 144 valence electrons. The molecule has 0 aliphatic carbocycles. The van der Waals surface area contributed by atoms with E-state index >= 15 is 0 Å².